The number of fused-ring (bicyclic) bond motifs is 3. The zero-order valence-electron chi connectivity index (χ0n) is 13.3. The number of hydrogen-bond donors (Lipinski definition) is 0. The van der Waals surface area contributed by atoms with E-state index in [1.165, 1.54) is 23.3 Å². The van der Waals surface area contributed by atoms with E-state index in [4.69, 9.17) is 9.84 Å². The Kier molecular flexibility index (Phi) is 3.33. The number of nitrogens with zero attached hydrogens (tertiary/aromatic N) is 2. The van der Waals surface area contributed by atoms with Crippen molar-refractivity contribution in [3.63, 3.8) is 0 Å². The fourth-order valence-corrected chi connectivity index (χ4v) is 3.84. The second-order valence-electron chi connectivity index (χ2n) is 6.22. The molecule has 0 N–H and O–H groups in total. The van der Waals surface area contributed by atoms with E-state index in [2.05, 4.69) is 12.1 Å². The third kappa shape index (κ3) is 2.29. The van der Waals surface area contributed by atoms with Crippen LogP contribution in [-0.4, -0.2) is 24.9 Å². The molecular weight excluding hydrogens is 291 g/mol. The fourth-order valence-electron chi connectivity index (χ4n) is 3.84. The minimum Gasteiger partial charge on any atom is -0.497 e. The van der Waals surface area contributed by atoms with Gasteiger partial charge < -0.3 is 4.74 Å². The molecule has 118 valence electrons. The van der Waals surface area contributed by atoms with Gasteiger partial charge in [-0.25, -0.2) is 4.39 Å². The molecule has 1 aliphatic carbocycles. The van der Waals surface area contributed by atoms with E-state index in [9.17, 15) is 4.39 Å². The van der Waals surface area contributed by atoms with Crippen LogP contribution in [0.3, 0.4) is 0 Å². The molecule has 3 nitrogen and oxygen atoms in total. The zero-order valence-corrected chi connectivity index (χ0v) is 13.3. The second-order valence-corrected chi connectivity index (χ2v) is 6.22. The summed E-state index contributed by atoms with van der Waals surface area (Å²) in [5, 5.41) is 6.82. The van der Waals surface area contributed by atoms with Gasteiger partial charge >= 0.3 is 0 Å². The quantitative estimate of drug-likeness (QED) is 0.843. The van der Waals surface area contributed by atoms with Gasteiger partial charge in [0.2, 0.25) is 0 Å². The summed E-state index contributed by atoms with van der Waals surface area (Å²) in [5.74, 6) is 1.05. The van der Waals surface area contributed by atoms with E-state index in [1.54, 1.807) is 7.11 Å². The highest BCUT2D eigenvalue weighted by Gasteiger charge is 2.39. The molecule has 2 aromatic rings. The molecule has 2 aromatic carbocycles. The maximum absolute atomic E-state index is 13.2. The lowest BCUT2D eigenvalue weighted by Gasteiger charge is -2.29. The van der Waals surface area contributed by atoms with Crippen molar-refractivity contribution in [2.75, 3.05) is 14.2 Å². The smallest absolute Gasteiger partial charge is 0.123 e. The number of hydrogen-bond acceptors (Lipinski definition) is 3. The van der Waals surface area contributed by atoms with Crippen LogP contribution in [0.15, 0.2) is 47.6 Å². The van der Waals surface area contributed by atoms with Crippen molar-refractivity contribution in [3.05, 3.63) is 65.0 Å². The van der Waals surface area contributed by atoms with Gasteiger partial charge in [0.1, 0.15) is 11.6 Å². The zero-order chi connectivity index (χ0) is 16.0. The van der Waals surface area contributed by atoms with Gasteiger partial charge in [-0.15, -0.1) is 0 Å². The molecule has 0 fully saturated rings. The monoisotopic (exact) mass is 310 g/mol. The topological polar surface area (TPSA) is 24.8 Å². The molecule has 1 aliphatic heterocycles. The standard InChI is InChI=1S/C19H19FN2O/c1-22-19(12-3-6-14(20)7-4-12)17-9-5-13-11-15(23-2)8-10-16(13)18(17)21-22/h3-4,6-8,10-11,17,19H,5,9H2,1-2H3/t17-,19+/m0/s1. The summed E-state index contributed by atoms with van der Waals surface area (Å²) in [5.41, 5.74) is 4.78. The van der Waals surface area contributed by atoms with E-state index in [0.717, 1.165) is 29.9 Å². The number of aryl methyl sites for hydroxylation is 1. The highest BCUT2D eigenvalue weighted by atomic mass is 19.1. The van der Waals surface area contributed by atoms with Gasteiger partial charge in [-0.2, -0.15) is 5.10 Å². The Hall–Kier alpha value is -2.36. The number of methoxy groups -OCH3 is 1. The van der Waals surface area contributed by atoms with Crippen LogP contribution in [0.5, 0.6) is 5.75 Å². The fraction of sp³-hybridized carbons (Fsp3) is 0.316. The summed E-state index contributed by atoms with van der Waals surface area (Å²) >= 11 is 0. The Morgan fingerprint density at radius 2 is 1.96 bits per heavy atom. The summed E-state index contributed by atoms with van der Waals surface area (Å²) < 4.78 is 18.5. The van der Waals surface area contributed by atoms with Crippen LogP contribution < -0.4 is 4.74 Å². The first-order valence-electron chi connectivity index (χ1n) is 7.91. The van der Waals surface area contributed by atoms with Crippen LogP contribution >= 0.6 is 0 Å². The number of ether oxygens (including phenoxy) is 1. The average molecular weight is 310 g/mol. The van der Waals surface area contributed by atoms with E-state index in [-0.39, 0.29) is 11.9 Å². The van der Waals surface area contributed by atoms with E-state index in [1.807, 2.05) is 30.3 Å². The first kappa shape index (κ1) is 14.2. The maximum Gasteiger partial charge on any atom is 0.123 e. The molecule has 4 heteroatoms. The number of rotatable bonds is 2. The van der Waals surface area contributed by atoms with Gasteiger partial charge in [0.05, 0.1) is 18.9 Å². The summed E-state index contributed by atoms with van der Waals surface area (Å²) in [6.07, 6.45) is 2.06. The Balaban J connectivity index is 1.71. The summed E-state index contributed by atoms with van der Waals surface area (Å²) in [6, 6.07) is 13.2. The summed E-state index contributed by atoms with van der Waals surface area (Å²) in [6.45, 7) is 0. The lowest BCUT2D eigenvalue weighted by molar-refractivity contribution is 0.243. The third-order valence-corrected chi connectivity index (χ3v) is 4.92. The first-order chi connectivity index (χ1) is 11.2. The van der Waals surface area contributed by atoms with Crippen LogP contribution in [0.4, 0.5) is 4.39 Å². The van der Waals surface area contributed by atoms with Crippen molar-refractivity contribution in [1.82, 2.24) is 5.01 Å². The number of hydrazone groups is 1. The highest BCUT2D eigenvalue weighted by Crippen LogP contribution is 2.43. The molecule has 0 bridgehead atoms. The Morgan fingerprint density at radius 3 is 2.70 bits per heavy atom. The predicted molar refractivity (Wildman–Crippen MR) is 88.2 cm³/mol. The highest BCUT2D eigenvalue weighted by molar-refractivity contribution is 6.05. The third-order valence-electron chi connectivity index (χ3n) is 4.92. The molecular formula is C19H19FN2O. The molecule has 0 spiro atoms. The summed E-state index contributed by atoms with van der Waals surface area (Å²) in [7, 11) is 3.70. The van der Waals surface area contributed by atoms with E-state index in [0.29, 0.717) is 5.92 Å². The van der Waals surface area contributed by atoms with Crippen LogP contribution in [0.2, 0.25) is 0 Å². The van der Waals surface area contributed by atoms with Crippen LogP contribution in [0.25, 0.3) is 0 Å². The summed E-state index contributed by atoms with van der Waals surface area (Å²) in [4.78, 5) is 0. The van der Waals surface area contributed by atoms with Gasteiger partial charge in [0, 0.05) is 18.5 Å². The average Bonchev–Trinajstić information content (AvgIpc) is 2.91. The van der Waals surface area contributed by atoms with Crippen molar-refractivity contribution in [2.45, 2.75) is 18.9 Å². The molecule has 0 aromatic heterocycles. The normalized spacial score (nSPS) is 22.4. The lowest BCUT2D eigenvalue weighted by Crippen LogP contribution is -2.27. The molecule has 0 saturated heterocycles. The molecule has 2 aliphatic rings. The lowest BCUT2D eigenvalue weighted by atomic mass is 9.77. The Labute approximate surface area is 135 Å². The van der Waals surface area contributed by atoms with E-state index < -0.39 is 0 Å². The van der Waals surface area contributed by atoms with Crippen LogP contribution in [0.1, 0.15) is 29.2 Å². The van der Waals surface area contributed by atoms with E-state index >= 15 is 0 Å². The molecule has 0 unspecified atom stereocenters. The van der Waals surface area contributed by atoms with Crippen molar-refractivity contribution in [1.29, 1.82) is 0 Å². The van der Waals surface area contributed by atoms with Crippen molar-refractivity contribution < 1.29 is 9.13 Å². The van der Waals surface area contributed by atoms with Crippen molar-refractivity contribution in [2.24, 2.45) is 11.0 Å². The largest absolute Gasteiger partial charge is 0.497 e. The van der Waals surface area contributed by atoms with Gasteiger partial charge in [-0.1, -0.05) is 12.1 Å². The molecule has 23 heavy (non-hydrogen) atoms. The van der Waals surface area contributed by atoms with Gasteiger partial charge in [0.15, 0.2) is 0 Å². The SMILES string of the molecule is COc1ccc2c(c1)CC[C@H]1C2=NN(C)[C@@H]1c1ccc(F)cc1. The molecule has 2 atom stereocenters. The maximum atomic E-state index is 13.2. The minimum absolute atomic E-state index is 0.181. The Morgan fingerprint density at radius 1 is 1.17 bits per heavy atom. The predicted octanol–water partition coefficient (Wildman–Crippen LogP) is 3.79. The van der Waals surface area contributed by atoms with Gasteiger partial charge in [-0.05, 0) is 54.3 Å². The van der Waals surface area contributed by atoms with Crippen molar-refractivity contribution in [3.8, 4) is 5.75 Å². The van der Waals surface area contributed by atoms with Crippen LogP contribution in [0, 0.1) is 11.7 Å². The molecule has 0 saturated carbocycles. The van der Waals surface area contributed by atoms with Gasteiger partial charge in [-0.3, -0.25) is 5.01 Å². The molecule has 4 rings (SSSR count). The second kappa shape index (κ2) is 5.37. The van der Waals surface area contributed by atoms with Gasteiger partial charge in [0.25, 0.3) is 0 Å². The minimum atomic E-state index is -0.198. The Bertz CT molecular complexity index is 769. The number of benzene rings is 2. The number of halogens is 1. The molecule has 0 radical (unpaired) electrons. The molecule has 1 heterocycles. The van der Waals surface area contributed by atoms with Crippen LogP contribution in [-0.2, 0) is 6.42 Å². The van der Waals surface area contributed by atoms with Crippen molar-refractivity contribution >= 4 is 5.71 Å². The molecule has 0 amide bonds. The first-order valence-corrected chi connectivity index (χ1v) is 7.91.